The highest BCUT2D eigenvalue weighted by molar-refractivity contribution is 6.01. The molecular formula is C23H31N5O4. The van der Waals surface area contributed by atoms with Gasteiger partial charge in [-0.2, -0.15) is 0 Å². The molecule has 0 radical (unpaired) electrons. The molecule has 9 nitrogen and oxygen atoms in total. The summed E-state index contributed by atoms with van der Waals surface area (Å²) >= 11 is 0. The summed E-state index contributed by atoms with van der Waals surface area (Å²) in [5.41, 5.74) is 7.03. The highest BCUT2D eigenvalue weighted by atomic mass is 16.5. The van der Waals surface area contributed by atoms with Crippen LogP contribution in [0.5, 0.6) is 5.75 Å². The van der Waals surface area contributed by atoms with Gasteiger partial charge in [0.25, 0.3) is 5.91 Å². The summed E-state index contributed by atoms with van der Waals surface area (Å²) in [4.78, 5) is 41.0. The molecule has 4 rings (SSSR count). The van der Waals surface area contributed by atoms with Gasteiger partial charge in [-0.3, -0.25) is 14.4 Å². The first-order valence-corrected chi connectivity index (χ1v) is 11.2. The topological polar surface area (TPSA) is 138 Å². The van der Waals surface area contributed by atoms with Crippen molar-refractivity contribution in [2.24, 2.45) is 17.6 Å². The molecule has 2 aliphatic rings. The van der Waals surface area contributed by atoms with E-state index in [0.717, 1.165) is 30.2 Å². The maximum absolute atomic E-state index is 13.1. The van der Waals surface area contributed by atoms with Crippen molar-refractivity contribution in [2.45, 2.75) is 44.2 Å². The van der Waals surface area contributed by atoms with Gasteiger partial charge in [0.1, 0.15) is 17.5 Å². The highest BCUT2D eigenvalue weighted by Crippen LogP contribution is 2.34. The number of ether oxygens (including phenoxy) is 1. The van der Waals surface area contributed by atoms with Crippen LogP contribution < -0.4 is 26.4 Å². The number of carbonyl (C=O) groups is 3. The van der Waals surface area contributed by atoms with Crippen LogP contribution in [0.4, 0.5) is 0 Å². The van der Waals surface area contributed by atoms with Gasteiger partial charge in [-0.25, -0.2) is 0 Å². The molecule has 1 saturated heterocycles. The minimum absolute atomic E-state index is 0.00905. The molecular weight excluding hydrogens is 410 g/mol. The van der Waals surface area contributed by atoms with Crippen molar-refractivity contribution < 1.29 is 19.1 Å². The molecule has 2 aromatic rings. The number of benzene rings is 1. The van der Waals surface area contributed by atoms with E-state index in [4.69, 9.17) is 10.5 Å². The summed E-state index contributed by atoms with van der Waals surface area (Å²) in [5.74, 6) is 0.380. The Morgan fingerprint density at radius 2 is 2.03 bits per heavy atom. The number of amides is 3. The third-order valence-corrected chi connectivity index (χ3v) is 6.34. The number of hydrogen-bond acceptors (Lipinski definition) is 5. The average molecular weight is 442 g/mol. The quantitative estimate of drug-likeness (QED) is 0.375. The van der Waals surface area contributed by atoms with E-state index in [-0.39, 0.29) is 36.2 Å². The molecule has 0 bridgehead atoms. The van der Waals surface area contributed by atoms with Crippen molar-refractivity contribution in [1.82, 2.24) is 20.9 Å². The summed E-state index contributed by atoms with van der Waals surface area (Å²) in [6, 6.07) is 6.31. The molecule has 172 valence electrons. The molecule has 1 aromatic heterocycles. The van der Waals surface area contributed by atoms with E-state index in [1.54, 1.807) is 13.2 Å². The Kier molecular flexibility index (Phi) is 6.64. The third kappa shape index (κ3) is 5.04. The van der Waals surface area contributed by atoms with Gasteiger partial charge in [-0.1, -0.05) is 18.9 Å². The van der Waals surface area contributed by atoms with Crippen LogP contribution in [0.1, 0.15) is 42.6 Å². The number of aromatic nitrogens is 1. The van der Waals surface area contributed by atoms with E-state index in [1.165, 1.54) is 0 Å². The molecule has 3 atom stereocenters. The van der Waals surface area contributed by atoms with Gasteiger partial charge in [-0.05, 0) is 43.4 Å². The molecule has 1 aliphatic carbocycles. The summed E-state index contributed by atoms with van der Waals surface area (Å²) in [5, 5.41) is 9.47. The van der Waals surface area contributed by atoms with E-state index in [0.29, 0.717) is 36.7 Å². The second kappa shape index (κ2) is 9.60. The lowest BCUT2D eigenvalue weighted by atomic mass is 9.98. The molecule has 0 spiro atoms. The maximum atomic E-state index is 13.1. The van der Waals surface area contributed by atoms with Gasteiger partial charge in [0.05, 0.1) is 7.11 Å². The molecule has 3 amide bonds. The number of H-pyrrole nitrogens is 1. The fourth-order valence-corrected chi connectivity index (χ4v) is 4.31. The summed E-state index contributed by atoms with van der Waals surface area (Å²) in [6.45, 7) is 0.895. The molecule has 0 unspecified atom stereocenters. The Hall–Kier alpha value is -3.07. The summed E-state index contributed by atoms with van der Waals surface area (Å²) in [7, 11) is 1.58. The minimum Gasteiger partial charge on any atom is -0.496 e. The predicted molar refractivity (Wildman–Crippen MR) is 120 cm³/mol. The Morgan fingerprint density at radius 1 is 1.22 bits per heavy atom. The minimum atomic E-state index is -0.658. The van der Waals surface area contributed by atoms with Crippen LogP contribution in [0, 0.1) is 11.8 Å². The van der Waals surface area contributed by atoms with E-state index in [1.807, 2.05) is 18.2 Å². The standard InChI is InChI=1S/C23H31N5O4/c1-32-20-4-2-3-17-16(20)11-19(27-17)23(31)28-18(9-13-5-6-13)22(30)26-15(12-24)10-14-7-8-25-21(14)29/h2-4,11,13-15,18,27H,5-10,12,24H2,1H3,(H,25,29)(H,26,30)(H,28,31)/t14-,15-,18-/m0/s1. The number of fused-ring (bicyclic) bond motifs is 1. The van der Waals surface area contributed by atoms with Gasteiger partial charge in [0.2, 0.25) is 11.8 Å². The van der Waals surface area contributed by atoms with Crippen LogP contribution in [0.25, 0.3) is 10.9 Å². The molecule has 9 heteroatoms. The van der Waals surface area contributed by atoms with Crippen molar-refractivity contribution in [3.63, 3.8) is 0 Å². The van der Waals surface area contributed by atoms with Crippen molar-refractivity contribution in [2.75, 3.05) is 20.2 Å². The zero-order chi connectivity index (χ0) is 22.7. The second-order valence-corrected chi connectivity index (χ2v) is 8.76. The smallest absolute Gasteiger partial charge is 0.268 e. The normalized spacial score (nSPS) is 19.9. The number of nitrogens with one attached hydrogen (secondary N) is 4. The number of carbonyl (C=O) groups excluding carboxylic acids is 3. The number of nitrogens with two attached hydrogens (primary N) is 1. The molecule has 2 fully saturated rings. The van der Waals surface area contributed by atoms with Gasteiger partial charge >= 0.3 is 0 Å². The van der Waals surface area contributed by atoms with Crippen molar-refractivity contribution in [1.29, 1.82) is 0 Å². The van der Waals surface area contributed by atoms with Crippen molar-refractivity contribution >= 4 is 28.6 Å². The van der Waals surface area contributed by atoms with E-state index >= 15 is 0 Å². The summed E-state index contributed by atoms with van der Waals surface area (Å²) in [6.07, 6.45) is 3.96. The first-order chi connectivity index (χ1) is 15.5. The lowest BCUT2D eigenvalue weighted by molar-refractivity contribution is -0.125. The lowest BCUT2D eigenvalue weighted by Gasteiger charge is -2.24. The molecule has 2 heterocycles. The van der Waals surface area contributed by atoms with Crippen LogP contribution in [-0.2, 0) is 9.59 Å². The Labute approximate surface area is 186 Å². The van der Waals surface area contributed by atoms with Crippen LogP contribution >= 0.6 is 0 Å². The third-order valence-electron chi connectivity index (χ3n) is 6.34. The van der Waals surface area contributed by atoms with Crippen molar-refractivity contribution in [3.8, 4) is 5.75 Å². The SMILES string of the molecule is COc1cccc2[nH]c(C(=O)N[C@@H](CC3CC3)C(=O)N[C@H](CN)C[C@@H]3CCNC3=O)cc12. The van der Waals surface area contributed by atoms with Crippen molar-refractivity contribution in [3.05, 3.63) is 30.0 Å². The van der Waals surface area contributed by atoms with Gasteiger partial charge in [0.15, 0.2) is 0 Å². The van der Waals surface area contributed by atoms with Gasteiger partial charge < -0.3 is 31.4 Å². The molecule has 6 N–H and O–H groups in total. The fourth-order valence-electron chi connectivity index (χ4n) is 4.31. The summed E-state index contributed by atoms with van der Waals surface area (Å²) < 4.78 is 5.36. The number of rotatable bonds is 10. The largest absolute Gasteiger partial charge is 0.496 e. The Bertz CT molecular complexity index is 999. The molecule has 1 saturated carbocycles. The average Bonchev–Trinajstić information content (AvgIpc) is 3.35. The molecule has 32 heavy (non-hydrogen) atoms. The number of aromatic amines is 1. The molecule has 1 aromatic carbocycles. The van der Waals surface area contributed by atoms with Crippen LogP contribution in [-0.4, -0.2) is 55.0 Å². The zero-order valence-corrected chi connectivity index (χ0v) is 18.3. The first kappa shape index (κ1) is 22.1. The van der Waals surface area contributed by atoms with Gasteiger partial charge in [0, 0.05) is 36.0 Å². The van der Waals surface area contributed by atoms with Crippen LogP contribution in [0.3, 0.4) is 0 Å². The Balaban J connectivity index is 1.43. The van der Waals surface area contributed by atoms with E-state index in [9.17, 15) is 14.4 Å². The highest BCUT2D eigenvalue weighted by Gasteiger charge is 2.33. The number of methoxy groups -OCH3 is 1. The molecule has 1 aliphatic heterocycles. The van der Waals surface area contributed by atoms with E-state index < -0.39 is 6.04 Å². The second-order valence-electron chi connectivity index (χ2n) is 8.76. The predicted octanol–water partition coefficient (Wildman–Crippen LogP) is 1.04. The first-order valence-electron chi connectivity index (χ1n) is 11.2. The lowest BCUT2D eigenvalue weighted by Crippen LogP contribution is -2.52. The zero-order valence-electron chi connectivity index (χ0n) is 18.3. The number of hydrogen-bond donors (Lipinski definition) is 5. The fraction of sp³-hybridized carbons (Fsp3) is 0.522. The van der Waals surface area contributed by atoms with E-state index in [2.05, 4.69) is 20.9 Å². The Morgan fingerprint density at radius 3 is 2.69 bits per heavy atom. The van der Waals surface area contributed by atoms with Crippen LogP contribution in [0.15, 0.2) is 24.3 Å². The monoisotopic (exact) mass is 441 g/mol. The van der Waals surface area contributed by atoms with Crippen LogP contribution in [0.2, 0.25) is 0 Å². The maximum Gasteiger partial charge on any atom is 0.268 e. The van der Waals surface area contributed by atoms with Gasteiger partial charge in [-0.15, -0.1) is 0 Å².